The zero-order chi connectivity index (χ0) is 25.4. The molecule has 0 fully saturated rings. The van der Waals surface area contributed by atoms with Crippen LogP contribution in [0, 0.1) is 7.14 Å². The summed E-state index contributed by atoms with van der Waals surface area (Å²) in [6.07, 6.45) is 0. The molecule has 0 unspecified atom stereocenters. The van der Waals surface area contributed by atoms with Crippen LogP contribution in [-0.4, -0.2) is 37.4 Å². The first-order chi connectivity index (χ1) is 14.2. The molecular formula is C22H32I2O6S2. The summed E-state index contributed by atoms with van der Waals surface area (Å²) in [6, 6.07) is 17.4. The van der Waals surface area contributed by atoms with Crippen molar-refractivity contribution >= 4 is 65.4 Å². The molecule has 0 saturated carbocycles. The van der Waals surface area contributed by atoms with E-state index in [0.29, 0.717) is 0 Å². The summed E-state index contributed by atoms with van der Waals surface area (Å²) in [6.45, 7) is 13.4. The Bertz CT molecular complexity index is 946. The quantitative estimate of drug-likeness (QED) is 0.302. The standard InChI is InChI=1S/2C10H13I.C2H6O6S2/c2*1-10(2,3)8-4-6-9(11)7-5-8;3-9(4,5)1-2-10(6,7)8/h2*4-7H,1-3H3;1-2H2,(H,3,4,5)(H,6,7,8). The van der Waals surface area contributed by atoms with E-state index in [0.717, 1.165) is 0 Å². The van der Waals surface area contributed by atoms with Crippen LogP contribution >= 0.6 is 45.2 Å². The Morgan fingerprint density at radius 1 is 0.594 bits per heavy atom. The Balaban J connectivity index is 0.000000452. The smallest absolute Gasteiger partial charge is 0.265 e. The summed E-state index contributed by atoms with van der Waals surface area (Å²) >= 11 is 4.65. The fourth-order valence-electron chi connectivity index (χ4n) is 2.11. The van der Waals surface area contributed by atoms with Gasteiger partial charge in [0, 0.05) is 7.14 Å². The first kappa shape index (κ1) is 31.7. The van der Waals surface area contributed by atoms with E-state index in [9.17, 15) is 16.8 Å². The van der Waals surface area contributed by atoms with Gasteiger partial charge in [0.15, 0.2) is 0 Å². The predicted octanol–water partition coefficient (Wildman–Crippen LogP) is 5.94. The molecule has 0 atom stereocenters. The third-order valence-corrected chi connectivity index (χ3v) is 7.16. The average molecular weight is 710 g/mol. The molecular weight excluding hydrogens is 678 g/mol. The number of rotatable bonds is 3. The highest BCUT2D eigenvalue weighted by Gasteiger charge is 2.13. The van der Waals surface area contributed by atoms with E-state index in [1.165, 1.54) is 18.3 Å². The van der Waals surface area contributed by atoms with E-state index in [1.54, 1.807) is 0 Å². The van der Waals surface area contributed by atoms with Gasteiger partial charge in [0.25, 0.3) is 20.2 Å². The van der Waals surface area contributed by atoms with Crippen LogP contribution < -0.4 is 0 Å². The Morgan fingerprint density at radius 2 is 0.812 bits per heavy atom. The summed E-state index contributed by atoms with van der Waals surface area (Å²) in [5.41, 5.74) is 3.37. The van der Waals surface area contributed by atoms with Gasteiger partial charge in [0.05, 0.1) is 11.5 Å². The lowest BCUT2D eigenvalue weighted by molar-refractivity contribution is 0.472. The van der Waals surface area contributed by atoms with Crippen molar-refractivity contribution in [3.8, 4) is 0 Å². The van der Waals surface area contributed by atoms with Gasteiger partial charge in [-0.15, -0.1) is 0 Å². The normalized spacial score (nSPS) is 12.2. The topological polar surface area (TPSA) is 109 Å². The maximum absolute atomic E-state index is 9.86. The van der Waals surface area contributed by atoms with Crippen molar-refractivity contribution in [1.82, 2.24) is 0 Å². The zero-order valence-corrected chi connectivity index (χ0v) is 25.1. The van der Waals surface area contributed by atoms with E-state index in [2.05, 4.69) is 135 Å². The van der Waals surface area contributed by atoms with Crippen molar-refractivity contribution in [3.63, 3.8) is 0 Å². The summed E-state index contributed by atoms with van der Waals surface area (Å²) < 4.78 is 58.0. The molecule has 0 radical (unpaired) electrons. The first-order valence-electron chi connectivity index (χ1n) is 9.63. The first-order valence-corrected chi connectivity index (χ1v) is 15.0. The maximum Gasteiger partial charge on any atom is 0.265 e. The van der Waals surface area contributed by atoms with Gasteiger partial charge < -0.3 is 0 Å². The molecule has 2 aromatic carbocycles. The van der Waals surface area contributed by atoms with Gasteiger partial charge in [-0.05, 0) is 91.4 Å². The molecule has 0 aliphatic heterocycles. The second kappa shape index (κ2) is 13.0. The van der Waals surface area contributed by atoms with E-state index in [1.807, 2.05) is 0 Å². The zero-order valence-electron chi connectivity index (χ0n) is 19.1. The van der Waals surface area contributed by atoms with Crippen molar-refractivity contribution in [2.45, 2.75) is 52.4 Å². The lowest BCUT2D eigenvalue weighted by Crippen LogP contribution is -2.15. The Hall–Kier alpha value is -0.280. The van der Waals surface area contributed by atoms with Crippen molar-refractivity contribution in [2.75, 3.05) is 11.5 Å². The number of benzene rings is 2. The highest BCUT2D eigenvalue weighted by molar-refractivity contribution is 14.1. The van der Waals surface area contributed by atoms with Gasteiger partial charge in [0.1, 0.15) is 0 Å². The van der Waals surface area contributed by atoms with Crippen molar-refractivity contribution in [2.24, 2.45) is 0 Å². The lowest BCUT2D eigenvalue weighted by atomic mass is 9.87. The molecule has 0 amide bonds. The van der Waals surface area contributed by atoms with Gasteiger partial charge in [-0.25, -0.2) is 0 Å². The van der Waals surface area contributed by atoms with Crippen LogP contribution in [0.1, 0.15) is 52.7 Å². The Kier molecular flexibility index (Phi) is 12.9. The highest BCUT2D eigenvalue weighted by Crippen LogP contribution is 2.23. The SMILES string of the molecule is CC(C)(C)c1ccc(I)cc1.CC(C)(C)c1ccc(I)cc1.O=S(=O)(O)CCS(=O)(=O)O. The minimum atomic E-state index is -4.30. The molecule has 0 bridgehead atoms. The number of hydrogen-bond donors (Lipinski definition) is 2. The number of halogens is 2. The van der Waals surface area contributed by atoms with Crippen LogP contribution in [0.3, 0.4) is 0 Å². The van der Waals surface area contributed by atoms with E-state index < -0.39 is 31.7 Å². The summed E-state index contributed by atoms with van der Waals surface area (Å²) in [5.74, 6) is -1.96. The van der Waals surface area contributed by atoms with Gasteiger partial charge in [-0.1, -0.05) is 65.8 Å². The second-order valence-corrected chi connectivity index (χ2v) is 14.7. The van der Waals surface area contributed by atoms with Crippen molar-refractivity contribution in [1.29, 1.82) is 0 Å². The summed E-state index contributed by atoms with van der Waals surface area (Å²) in [4.78, 5) is 0. The predicted molar refractivity (Wildman–Crippen MR) is 149 cm³/mol. The van der Waals surface area contributed by atoms with Crippen LogP contribution in [0.2, 0.25) is 0 Å². The number of hydrogen-bond acceptors (Lipinski definition) is 4. The van der Waals surface area contributed by atoms with Crippen molar-refractivity contribution < 1.29 is 25.9 Å². The molecule has 2 rings (SSSR count). The van der Waals surface area contributed by atoms with Crippen LogP contribution in [-0.2, 0) is 31.1 Å². The van der Waals surface area contributed by atoms with Gasteiger partial charge in [0.2, 0.25) is 0 Å². The molecule has 0 heterocycles. The molecule has 0 saturated heterocycles. The maximum atomic E-state index is 9.86. The Labute approximate surface area is 220 Å². The molecule has 0 aromatic heterocycles. The summed E-state index contributed by atoms with van der Waals surface area (Å²) in [7, 11) is -8.59. The fourth-order valence-corrected chi connectivity index (χ4v) is 4.51. The highest BCUT2D eigenvalue weighted by atomic mass is 127. The van der Waals surface area contributed by atoms with Crippen molar-refractivity contribution in [3.05, 3.63) is 66.8 Å². The van der Waals surface area contributed by atoms with Crippen LogP contribution in [0.4, 0.5) is 0 Å². The second-order valence-electron chi connectivity index (χ2n) is 9.09. The van der Waals surface area contributed by atoms with Gasteiger partial charge in [-0.3, -0.25) is 9.11 Å². The minimum absolute atomic E-state index is 0.282. The van der Waals surface area contributed by atoms with E-state index >= 15 is 0 Å². The van der Waals surface area contributed by atoms with Crippen LogP contribution in [0.25, 0.3) is 0 Å². The minimum Gasteiger partial charge on any atom is -0.286 e. The molecule has 2 N–H and O–H groups in total. The molecule has 0 aliphatic rings. The molecule has 182 valence electrons. The third kappa shape index (κ3) is 16.4. The largest absolute Gasteiger partial charge is 0.286 e. The molecule has 0 spiro atoms. The monoisotopic (exact) mass is 710 g/mol. The summed E-state index contributed by atoms with van der Waals surface area (Å²) in [5, 5.41) is 0. The van der Waals surface area contributed by atoms with Crippen LogP contribution in [0.5, 0.6) is 0 Å². The molecule has 10 heteroatoms. The Morgan fingerprint density at radius 3 is 0.969 bits per heavy atom. The fraction of sp³-hybridized carbons (Fsp3) is 0.455. The lowest BCUT2D eigenvalue weighted by Gasteiger charge is -2.18. The molecule has 2 aromatic rings. The van der Waals surface area contributed by atoms with Gasteiger partial charge in [-0.2, -0.15) is 16.8 Å². The molecule has 32 heavy (non-hydrogen) atoms. The van der Waals surface area contributed by atoms with E-state index in [4.69, 9.17) is 9.11 Å². The molecule has 6 nitrogen and oxygen atoms in total. The molecule has 0 aliphatic carbocycles. The van der Waals surface area contributed by atoms with Crippen LogP contribution in [0.15, 0.2) is 48.5 Å². The van der Waals surface area contributed by atoms with Gasteiger partial charge >= 0.3 is 0 Å². The average Bonchev–Trinajstić information content (AvgIpc) is 2.59. The van der Waals surface area contributed by atoms with E-state index in [-0.39, 0.29) is 10.8 Å². The third-order valence-electron chi connectivity index (χ3n) is 4.02.